The molecule has 5 N–H and O–H groups in total. The second kappa shape index (κ2) is 22.7. The van der Waals surface area contributed by atoms with Crippen LogP contribution in [0.1, 0.15) is 41.4 Å². The summed E-state index contributed by atoms with van der Waals surface area (Å²) >= 11 is 0. The van der Waals surface area contributed by atoms with Crippen molar-refractivity contribution in [3.63, 3.8) is 0 Å². The first-order chi connectivity index (χ1) is 26.9. The number of nitrogens with one attached hydrogen (secondary N) is 5. The summed E-state index contributed by atoms with van der Waals surface area (Å²) in [6.07, 6.45) is 0. The van der Waals surface area contributed by atoms with Crippen molar-refractivity contribution >= 4 is 23.9 Å². The zero-order valence-electron chi connectivity index (χ0n) is 30.7. The lowest BCUT2D eigenvalue weighted by Gasteiger charge is -2.27. The smallest absolute Gasteiger partial charge is 0.338 e. The Labute approximate surface area is 321 Å². The Bertz CT molecular complexity index is 1620. The second-order valence-electron chi connectivity index (χ2n) is 13.0. The van der Waals surface area contributed by atoms with Crippen molar-refractivity contribution < 1.29 is 38.1 Å². The molecule has 0 spiro atoms. The van der Waals surface area contributed by atoms with Gasteiger partial charge < -0.3 is 45.5 Å². The number of hydrogen-bond donors (Lipinski definition) is 5. The van der Waals surface area contributed by atoms with Crippen LogP contribution in [0, 0.1) is 0 Å². The number of benzene rings is 4. The second-order valence-corrected chi connectivity index (χ2v) is 13.0. The van der Waals surface area contributed by atoms with E-state index in [-0.39, 0.29) is 50.6 Å². The van der Waals surface area contributed by atoms with E-state index in [4.69, 9.17) is 18.9 Å². The number of hydrogen-bond acceptors (Lipinski definition) is 13. The van der Waals surface area contributed by atoms with Gasteiger partial charge in [0.05, 0.1) is 46.4 Å². The molecule has 0 amide bonds. The van der Waals surface area contributed by atoms with Gasteiger partial charge in [0, 0.05) is 39.3 Å². The van der Waals surface area contributed by atoms with Gasteiger partial charge in [-0.2, -0.15) is 0 Å². The van der Waals surface area contributed by atoms with E-state index in [0.717, 1.165) is 0 Å². The van der Waals surface area contributed by atoms with Crippen molar-refractivity contribution in [2.24, 2.45) is 0 Å². The largest absolute Gasteiger partial charge is 0.460 e. The van der Waals surface area contributed by atoms with Crippen LogP contribution < -0.4 is 26.6 Å². The van der Waals surface area contributed by atoms with E-state index in [0.29, 0.717) is 61.5 Å². The van der Waals surface area contributed by atoms with Gasteiger partial charge in [-0.3, -0.25) is 0 Å². The van der Waals surface area contributed by atoms with Crippen LogP contribution in [-0.4, -0.2) is 114 Å². The Morgan fingerprint density at radius 2 is 0.655 bits per heavy atom. The van der Waals surface area contributed by atoms with Crippen molar-refractivity contribution in [3.05, 3.63) is 144 Å². The standard InChI is InChI=1S/C42H49N5O8/c48-39(31-13-5-1-6-14-31)52-27-35-23-43-21-22-44-36(28-53-40(49)32-15-7-2-8-16-32)24-46-38(30-55-42(51)34-19-11-4-12-20-34)26-47-37(25-45-35)29-54-41(50)33-17-9-3-10-18-33/h1-20,35-38,43-47H,21-30H2/t35-,36+,37+,38-/m0/s1. The van der Waals surface area contributed by atoms with Gasteiger partial charge in [0.15, 0.2) is 0 Å². The maximum atomic E-state index is 12.9. The van der Waals surface area contributed by atoms with Gasteiger partial charge in [0.2, 0.25) is 0 Å². The molecule has 0 radical (unpaired) electrons. The first kappa shape index (κ1) is 40.7. The number of rotatable bonds is 12. The van der Waals surface area contributed by atoms with Crippen LogP contribution >= 0.6 is 0 Å². The quantitative estimate of drug-likeness (QED) is 0.106. The lowest BCUT2D eigenvalue weighted by molar-refractivity contribution is 0.0408. The Hall–Kier alpha value is -5.44. The highest BCUT2D eigenvalue weighted by Gasteiger charge is 2.22. The SMILES string of the molecule is O=C(OC[C@H]1CN[C@H](COC(=O)c2ccccc2)CN[C@@H](COC(=O)c2ccccc2)CN[C@H](COC(=O)c2ccccc2)CNCCN1)c1ccccc1. The first-order valence-electron chi connectivity index (χ1n) is 18.5. The number of esters is 4. The minimum atomic E-state index is -0.460. The summed E-state index contributed by atoms with van der Waals surface area (Å²) in [6, 6.07) is 33.7. The van der Waals surface area contributed by atoms with Gasteiger partial charge in [0.1, 0.15) is 26.4 Å². The van der Waals surface area contributed by atoms with E-state index in [1.807, 2.05) is 24.3 Å². The minimum Gasteiger partial charge on any atom is -0.460 e. The fraction of sp³-hybridized carbons (Fsp3) is 0.333. The lowest BCUT2D eigenvalue weighted by atomic mass is 10.2. The molecule has 0 unspecified atom stereocenters. The molecule has 13 heteroatoms. The predicted octanol–water partition coefficient (Wildman–Crippen LogP) is 2.85. The number of carbonyl (C=O) groups excluding carboxylic acids is 4. The monoisotopic (exact) mass is 751 g/mol. The van der Waals surface area contributed by atoms with Gasteiger partial charge in [-0.25, -0.2) is 19.2 Å². The fourth-order valence-electron chi connectivity index (χ4n) is 5.66. The molecule has 0 bridgehead atoms. The van der Waals surface area contributed by atoms with Gasteiger partial charge in [0.25, 0.3) is 0 Å². The fourth-order valence-corrected chi connectivity index (χ4v) is 5.66. The molecule has 1 aliphatic rings. The summed E-state index contributed by atoms with van der Waals surface area (Å²) in [7, 11) is 0. The maximum Gasteiger partial charge on any atom is 0.338 e. The molecule has 1 aliphatic heterocycles. The van der Waals surface area contributed by atoms with Crippen molar-refractivity contribution in [1.82, 2.24) is 26.6 Å². The molecule has 0 aromatic heterocycles. The van der Waals surface area contributed by atoms with Gasteiger partial charge >= 0.3 is 23.9 Å². The molecule has 290 valence electrons. The summed E-state index contributed by atoms with van der Waals surface area (Å²) in [5.74, 6) is -1.78. The highest BCUT2D eigenvalue weighted by molar-refractivity contribution is 5.90. The van der Waals surface area contributed by atoms with E-state index in [1.54, 1.807) is 97.1 Å². The summed E-state index contributed by atoms with van der Waals surface area (Å²) in [5.41, 5.74) is 1.77. The van der Waals surface area contributed by atoms with Crippen molar-refractivity contribution in [2.75, 3.05) is 65.7 Å². The zero-order chi connectivity index (χ0) is 38.5. The molecule has 55 heavy (non-hydrogen) atoms. The third kappa shape index (κ3) is 14.4. The zero-order valence-corrected chi connectivity index (χ0v) is 30.7. The number of ether oxygens (including phenoxy) is 4. The third-order valence-corrected chi connectivity index (χ3v) is 8.78. The topological polar surface area (TPSA) is 165 Å². The molecule has 4 aromatic rings. The summed E-state index contributed by atoms with van der Waals surface area (Å²) in [6.45, 7) is 2.83. The van der Waals surface area contributed by atoms with Crippen molar-refractivity contribution in [3.8, 4) is 0 Å². The normalized spacial score (nSPS) is 19.8. The molecule has 4 aromatic carbocycles. The average molecular weight is 752 g/mol. The van der Waals surface area contributed by atoms with Crippen LogP contribution in [0.3, 0.4) is 0 Å². The molecule has 0 aliphatic carbocycles. The highest BCUT2D eigenvalue weighted by atomic mass is 16.5. The molecule has 1 saturated heterocycles. The molecule has 0 saturated carbocycles. The third-order valence-electron chi connectivity index (χ3n) is 8.78. The van der Waals surface area contributed by atoms with Crippen LogP contribution in [0.15, 0.2) is 121 Å². The predicted molar refractivity (Wildman–Crippen MR) is 207 cm³/mol. The van der Waals surface area contributed by atoms with E-state index < -0.39 is 23.9 Å². The molecule has 1 heterocycles. The minimum absolute atomic E-state index is 0.0286. The Morgan fingerprint density at radius 1 is 0.382 bits per heavy atom. The maximum absolute atomic E-state index is 12.9. The van der Waals surface area contributed by atoms with Gasteiger partial charge in [-0.15, -0.1) is 0 Å². The van der Waals surface area contributed by atoms with E-state index in [2.05, 4.69) is 26.6 Å². The van der Waals surface area contributed by atoms with Crippen LogP contribution in [0.25, 0.3) is 0 Å². The Kier molecular flexibility index (Phi) is 16.8. The molecule has 13 nitrogen and oxygen atoms in total. The van der Waals surface area contributed by atoms with E-state index in [1.165, 1.54) is 0 Å². The summed E-state index contributed by atoms with van der Waals surface area (Å²) in [4.78, 5) is 51.5. The van der Waals surface area contributed by atoms with Gasteiger partial charge in [-0.1, -0.05) is 72.8 Å². The lowest BCUT2D eigenvalue weighted by Crippen LogP contribution is -2.53. The molecule has 4 atom stereocenters. The Morgan fingerprint density at radius 3 is 0.964 bits per heavy atom. The van der Waals surface area contributed by atoms with E-state index in [9.17, 15) is 19.2 Å². The first-order valence-corrected chi connectivity index (χ1v) is 18.5. The van der Waals surface area contributed by atoms with Crippen LogP contribution in [-0.2, 0) is 18.9 Å². The molecular formula is C42H49N5O8. The Balaban J connectivity index is 1.30. The molecule has 5 rings (SSSR count). The van der Waals surface area contributed by atoms with Crippen molar-refractivity contribution in [2.45, 2.75) is 24.2 Å². The molecule has 1 fully saturated rings. The summed E-state index contributed by atoms with van der Waals surface area (Å²) < 4.78 is 22.9. The van der Waals surface area contributed by atoms with Crippen LogP contribution in [0.2, 0.25) is 0 Å². The highest BCUT2D eigenvalue weighted by Crippen LogP contribution is 2.06. The average Bonchev–Trinajstić information content (AvgIpc) is 3.25. The van der Waals surface area contributed by atoms with Gasteiger partial charge in [-0.05, 0) is 48.5 Å². The van der Waals surface area contributed by atoms with Crippen LogP contribution in [0.4, 0.5) is 0 Å². The van der Waals surface area contributed by atoms with Crippen molar-refractivity contribution in [1.29, 1.82) is 0 Å². The van der Waals surface area contributed by atoms with Crippen LogP contribution in [0.5, 0.6) is 0 Å². The number of carbonyl (C=O) groups is 4. The van der Waals surface area contributed by atoms with E-state index >= 15 is 0 Å². The summed E-state index contributed by atoms with van der Waals surface area (Å²) in [5, 5.41) is 17.3. The molecular weight excluding hydrogens is 702 g/mol.